The van der Waals surface area contributed by atoms with Gasteiger partial charge in [-0.05, 0) is 44.9 Å². The molecule has 0 aromatic heterocycles. The summed E-state index contributed by atoms with van der Waals surface area (Å²) in [7, 11) is 0. The summed E-state index contributed by atoms with van der Waals surface area (Å²) in [6, 6.07) is 0. The van der Waals surface area contributed by atoms with E-state index in [9.17, 15) is 5.11 Å². The Morgan fingerprint density at radius 1 is 1.20 bits per heavy atom. The predicted octanol–water partition coefficient (Wildman–Crippen LogP) is 3.09. The summed E-state index contributed by atoms with van der Waals surface area (Å²) in [5.41, 5.74) is -0.0580. The van der Waals surface area contributed by atoms with Crippen molar-refractivity contribution in [1.29, 1.82) is 0 Å². The first-order valence-corrected chi connectivity index (χ1v) is 6.48. The Labute approximate surface area is 93.0 Å². The van der Waals surface area contributed by atoms with Gasteiger partial charge in [0, 0.05) is 0 Å². The van der Waals surface area contributed by atoms with Crippen LogP contribution in [-0.4, -0.2) is 17.0 Å². The highest BCUT2D eigenvalue weighted by Crippen LogP contribution is 2.47. The largest absolute Gasteiger partial charge is 0.368 e. The Balaban J connectivity index is 2.08. The quantitative estimate of drug-likeness (QED) is 0.713. The van der Waals surface area contributed by atoms with Crippen LogP contribution in [-0.2, 0) is 4.74 Å². The van der Waals surface area contributed by atoms with E-state index < -0.39 is 6.29 Å². The third kappa shape index (κ3) is 2.36. The molecule has 88 valence electrons. The summed E-state index contributed by atoms with van der Waals surface area (Å²) >= 11 is 0. The van der Waals surface area contributed by atoms with Crippen molar-refractivity contribution in [3.63, 3.8) is 0 Å². The number of aliphatic hydroxyl groups is 1. The lowest BCUT2D eigenvalue weighted by atomic mass is 9.63. The van der Waals surface area contributed by atoms with Crippen LogP contribution < -0.4 is 0 Å². The highest BCUT2D eigenvalue weighted by Gasteiger charge is 2.44. The minimum absolute atomic E-state index is 0.0580. The topological polar surface area (TPSA) is 29.5 Å². The van der Waals surface area contributed by atoms with Gasteiger partial charge in [-0.2, -0.15) is 0 Å². The van der Waals surface area contributed by atoms with Gasteiger partial charge < -0.3 is 9.84 Å². The first-order chi connectivity index (χ1) is 7.12. The van der Waals surface area contributed by atoms with Crippen molar-refractivity contribution in [3.8, 4) is 0 Å². The Hall–Kier alpha value is -0.0800. The van der Waals surface area contributed by atoms with E-state index in [0.29, 0.717) is 5.92 Å². The van der Waals surface area contributed by atoms with Gasteiger partial charge in [0.15, 0.2) is 6.29 Å². The molecule has 4 atom stereocenters. The van der Waals surface area contributed by atoms with Crippen molar-refractivity contribution < 1.29 is 9.84 Å². The van der Waals surface area contributed by atoms with Crippen molar-refractivity contribution in [2.45, 2.75) is 70.7 Å². The zero-order chi connectivity index (χ0) is 10.9. The fourth-order valence-corrected chi connectivity index (χ4v) is 3.79. The summed E-state index contributed by atoms with van der Waals surface area (Å²) in [6.45, 7) is 3.94. The number of aliphatic hydroxyl groups excluding tert-OH is 1. The van der Waals surface area contributed by atoms with Gasteiger partial charge in [0.2, 0.25) is 0 Å². The van der Waals surface area contributed by atoms with Gasteiger partial charge in [-0.3, -0.25) is 0 Å². The molecule has 0 aromatic rings. The summed E-state index contributed by atoms with van der Waals surface area (Å²) in [5, 5.41) is 9.44. The molecule has 0 spiro atoms. The SMILES string of the molecule is CC(O)OC1(C)CCCC2CCCCC21. The van der Waals surface area contributed by atoms with E-state index in [0.717, 1.165) is 12.3 Å². The second-order valence-corrected chi connectivity index (χ2v) is 5.57. The van der Waals surface area contributed by atoms with E-state index in [-0.39, 0.29) is 5.60 Å². The zero-order valence-electron chi connectivity index (χ0n) is 10.0. The molecule has 2 rings (SSSR count). The van der Waals surface area contributed by atoms with Gasteiger partial charge in [0.1, 0.15) is 0 Å². The normalized spacial score (nSPS) is 43.4. The average molecular weight is 212 g/mol. The minimum Gasteiger partial charge on any atom is -0.368 e. The van der Waals surface area contributed by atoms with Gasteiger partial charge in [-0.25, -0.2) is 0 Å². The molecule has 2 heteroatoms. The Morgan fingerprint density at radius 3 is 2.60 bits per heavy atom. The van der Waals surface area contributed by atoms with Crippen LogP contribution in [0.2, 0.25) is 0 Å². The first kappa shape index (κ1) is 11.4. The molecule has 2 saturated carbocycles. The van der Waals surface area contributed by atoms with Crippen molar-refractivity contribution in [1.82, 2.24) is 0 Å². The predicted molar refractivity (Wildman–Crippen MR) is 60.5 cm³/mol. The molecular formula is C13H24O2. The van der Waals surface area contributed by atoms with Crippen LogP contribution in [0.3, 0.4) is 0 Å². The van der Waals surface area contributed by atoms with Crippen LogP contribution in [0.4, 0.5) is 0 Å². The lowest BCUT2D eigenvalue weighted by Crippen LogP contribution is -2.47. The lowest BCUT2D eigenvalue weighted by molar-refractivity contribution is -0.213. The highest BCUT2D eigenvalue weighted by molar-refractivity contribution is 4.94. The monoisotopic (exact) mass is 212 g/mol. The number of hydrogen-bond donors (Lipinski definition) is 1. The third-order valence-electron chi connectivity index (χ3n) is 4.38. The summed E-state index contributed by atoms with van der Waals surface area (Å²) in [4.78, 5) is 0. The maximum atomic E-state index is 9.44. The minimum atomic E-state index is -0.615. The molecule has 0 amide bonds. The van der Waals surface area contributed by atoms with Crippen LogP contribution in [0.5, 0.6) is 0 Å². The van der Waals surface area contributed by atoms with E-state index in [2.05, 4.69) is 6.92 Å². The number of ether oxygens (including phenoxy) is 1. The maximum Gasteiger partial charge on any atom is 0.152 e. The van der Waals surface area contributed by atoms with E-state index in [1.807, 2.05) is 0 Å². The Kier molecular flexibility index (Phi) is 3.36. The molecule has 2 fully saturated rings. The molecule has 2 aliphatic rings. The average Bonchev–Trinajstić information content (AvgIpc) is 2.17. The molecule has 15 heavy (non-hydrogen) atoms. The third-order valence-corrected chi connectivity index (χ3v) is 4.38. The van der Waals surface area contributed by atoms with Crippen LogP contribution in [0, 0.1) is 11.8 Å². The summed E-state index contributed by atoms with van der Waals surface area (Å²) < 4.78 is 5.80. The van der Waals surface area contributed by atoms with Crippen LogP contribution >= 0.6 is 0 Å². The van der Waals surface area contributed by atoms with Gasteiger partial charge in [0.05, 0.1) is 5.60 Å². The fourth-order valence-electron chi connectivity index (χ4n) is 3.79. The molecule has 2 nitrogen and oxygen atoms in total. The molecule has 1 N–H and O–H groups in total. The summed E-state index contributed by atoms with van der Waals surface area (Å²) in [5.74, 6) is 1.55. The number of rotatable bonds is 2. The van der Waals surface area contributed by atoms with Crippen molar-refractivity contribution >= 4 is 0 Å². The molecule has 4 unspecified atom stereocenters. The molecule has 0 radical (unpaired) electrons. The molecule has 0 heterocycles. The smallest absolute Gasteiger partial charge is 0.152 e. The molecule has 0 bridgehead atoms. The number of hydrogen-bond acceptors (Lipinski definition) is 2. The molecule has 0 aliphatic heterocycles. The van der Waals surface area contributed by atoms with Crippen LogP contribution in [0.1, 0.15) is 58.8 Å². The Bertz CT molecular complexity index is 213. The van der Waals surface area contributed by atoms with Crippen molar-refractivity contribution in [3.05, 3.63) is 0 Å². The van der Waals surface area contributed by atoms with Crippen molar-refractivity contribution in [2.75, 3.05) is 0 Å². The van der Waals surface area contributed by atoms with E-state index in [4.69, 9.17) is 4.74 Å². The van der Waals surface area contributed by atoms with Crippen molar-refractivity contribution in [2.24, 2.45) is 11.8 Å². The van der Waals surface area contributed by atoms with Gasteiger partial charge >= 0.3 is 0 Å². The van der Waals surface area contributed by atoms with Gasteiger partial charge in [0.25, 0.3) is 0 Å². The number of fused-ring (bicyclic) bond motifs is 1. The van der Waals surface area contributed by atoms with Crippen LogP contribution in [0.25, 0.3) is 0 Å². The van der Waals surface area contributed by atoms with Gasteiger partial charge in [-0.15, -0.1) is 0 Å². The molecule has 2 aliphatic carbocycles. The lowest BCUT2D eigenvalue weighted by Gasteiger charge is -2.48. The second-order valence-electron chi connectivity index (χ2n) is 5.57. The zero-order valence-corrected chi connectivity index (χ0v) is 10.0. The Morgan fingerprint density at radius 2 is 1.87 bits per heavy atom. The van der Waals surface area contributed by atoms with Gasteiger partial charge in [-0.1, -0.05) is 25.7 Å². The first-order valence-electron chi connectivity index (χ1n) is 6.48. The fraction of sp³-hybridized carbons (Fsp3) is 1.00. The summed E-state index contributed by atoms with van der Waals surface area (Å²) in [6.07, 6.45) is 8.58. The van der Waals surface area contributed by atoms with E-state index in [1.54, 1.807) is 6.92 Å². The molecule has 0 aromatic carbocycles. The standard InChI is InChI=1S/C13H24O2/c1-10(14)15-13(2)9-5-7-11-6-3-4-8-12(11)13/h10-12,14H,3-9H2,1-2H3. The highest BCUT2D eigenvalue weighted by atomic mass is 16.6. The van der Waals surface area contributed by atoms with E-state index >= 15 is 0 Å². The molecular weight excluding hydrogens is 188 g/mol. The second kappa shape index (κ2) is 4.42. The molecule has 0 saturated heterocycles. The van der Waals surface area contributed by atoms with Crippen LogP contribution in [0.15, 0.2) is 0 Å². The van der Waals surface area contributed by atoms with E-state index in [1.165, 1.54) is 38.5 Å². The maximum absolute atomic E-state index is 9.44.